The molecule has 1 fully saturated rings. The van der Waals surface area contributed by atoms with E-state index in [2.05, 4.69) is 0 Å². The minimum atomic E-state index is -4.99. The first-order valence-electron chi connectivity index (χ1n) is 5.68. The molecule has 1 nitrogen and oxygen atoms in total. The summed E-state index contributed by atoms with van der Waals surface area (Å²) >= 11 is 0. The van der Waals surface area contributed by atoms with Crippen molar-refractivity contribution >= 4 is 6.98 Å². The lowest BCUT2D eigenvalue weighted by atomic mass is 9.74. The van der Waals surface area contributed by atoms with Crippen LogP contribution in [-0.4, -0.2) is 25.0 Å². The summed E-state index contributed by atoms with van der Waals surface area (Å²) in [7, 11) is 0. The normalized spacial score (nSPS) is 19.5. The largest absolute Gasteiger partial charge is 0.499 e. The molecule has 0 N–H and O–H groups in total. The maximum absolute atomic E-state index is 13.1. The first-order chi connectivity index (χ1) is 7.98. The molecule has 0 aromatic heterocycles. The molecule has 1 aliphatic rings. The monoisotopic (exact) mass is 246 g/mol. The van der Waals surface area contributed by atoms with E-state index < -0.39 is 18.7 Å². The van der Waals surface area contributed by atoms with Gasteiger partial charge in [-0.15, -0.1) is 0 Å². The lowest BCUT2D eigenvalue weighted by molar-refractivity contribution is 0.251. The molecule has 0 saturated carbocycles. The Morgan fingerprint density at radius 3 is 2.00 bits per heavy atom. The summed E-state index contributed by atoms with van der Waals surface area (Å²) in [5.41, 5.74) is 0.140. The van der Waals surface area contributed by atoms with Crippen molar-refractivity contribution in [2.45, 2.75) is 18.8 Å². The lowest BCUT2D eigenvalue weighted by Crippen LogP contribution is -2.40. The molecule has 1 saturated heterocycles. The summed E-state index contributed by atoms with van der Waals surface area (Å²) in [6.07, 6.45) is 1.59. The molecule has 0 amide bonds. The minimum Gasteiger partial charge on any atom is -0.448 e. The van der Waals surface area contributed by atoms with Gasteiger partial charge in [0.2, 0.25) is 0 Å². The molecule has 1 aromatic carbocycles. The Hall–Kier alpha value is -1.04. The third-order valence-corrected chi connectivity index (χ3v) is 3.10. The van der Waals surface area contributed by atoms with Gasteiger partial charge >= 0.3 is 6.98 Å². The van der Waals surface area contributed by atoms with Crippen molar-refractivity contribution in [2.75, 3.05) is 13.1 Å². The predicted molar refractivity (Wildman–Crippen MR) is 59.0 cm³/mol. The zero-order valence-electron chi connectivity index (χ0n) is 9.25. The summed E-state index contributed by atoms with van der Waals surface area (Å²) < 4.78 is 52.0. The number of hydrogen-bond acceptors (Lipinski definition) is 1. The molecule has 0 spiro atoms. The summed E-state index contributed by atoms with van der Waals surface area (Å²) in [6, 6.07) is 4.63. The van der Waals surface area contributed by atoms with Crippen LogP contribution in [-0.2, 0) is 0 Å². The highest BCUT2D eigenvalue weighted by atomic mass is 19.4. The van der Waals surface area contributed by atoms with Crippen LogP contribution in [0.15, 0.2) is 24.3 Å². The highest BCUT2D eigenvalue weighted by Crippen LogP contribution is 2.35. The van der Waals surface area contributed by atoms with Gasteiger partial charge in [-0.25, -0.2) is 4.39 Å². The molecule has 1 aromatic rings. The summed E-state index contributed by atoms with van der Waals surface area (Å²) in [4.78, 5) is 1.44. The van der Waals surface area contributed by atoms with E-state index in [4.69, 9.17) is 0 Å². The van der Waals surface area contributed by atoms with E-state index in [0.717, 1.165) is 25.0 Å². The molecular formula is C11H13BF4N-. The molecular weight excluding hydrogens is 233 g/mol. The highest BCUT2D eigenvalue weighted by Gasteiger charge is 2.40. The van der Waals surface area contributed by atoms with Crippen molar-refractivity contribution in [3.8, 4) is 0 Å². The second-order valence-corrected chi connectivity index (χ2v) is 4.36. The van der Waals surface area contributed by atoms with Gasteiger partial charge in [-0.05, 0) is 38.1 Å². The quantitative estimate of drug-likeness (QED) is 0.583. The number of benzene rings is 1. The van der Waals surface area contributed by atoms with Gasteiger partial charge in [0.25, 0.3) is 0 Å². The van der Waals surface area contributed by atoms with Crippen LogP contribution in [0.4, 0.5) is 17.3 Å². The number of likely N-dealkylation sites (tertiary alicyclic amines) is 1. The van der Waals surface area contributed by atoms with E-state index in [1.54, 1.807) is 0 Å². The van der Waals surface area contributed by atoms with Crippen molar-refractivity contribution < 1.29 is 17.3 Å². The zero-order valence-corrected chi connectivity index (χ0v) is 9.25. The van der Waals surface area contributed by atoms with Gasteiger partial charge in [0, 0.05) is 5.94 Å². The van der Waals surface area contributed by atoms with Gasteiger partial charge in [0.15, 0.2) is 0 Å². The molecule has 0 radical (unpaired) electrons. The number of halogens is 4. The minimum absolute atomic E-state index is 0.140. The Morgan fingerprint density at radius 2 is 1.53 bits per heavy atom. The van der Waals surface area contributed by atoms with E-state index in [1.807, 2.05) is 0 Å². The molecule has 0 unspecified atom stereocenters. The molecule has 2 rings (SSSR count). The molecule has 0 aliphatic carbocycles. The van der Waals surface area contributed by atoms with Gasteiger partial charge in [0.05, 0.1) is 0 Å². The first-order valence-corrected chi connectivity index (χ1v) is 5.68. The van der Waals surface area contributed by atoms with Crippen molar-refractivity contribution in [1.82, 2.24) is 4.90 Å². The van der Waals surface area contributed by atoms with Crippen LogP contribution in [0.3, 0.4) is 0 Å². The maximum Gasteiger partial charge on any atom is 0.499 e. The summed E-state index contributed by atoms with van der Waals surface area (Å²) in [5.74, 6) is -2.05. The molecule has 1 atom stereocenters. The van der Waals surface area contributed by atoms with Gasteiger partial charge in [-0.2, -0.15) is 0 Å². The molecule has 1 heterocycles. The van der Waals surface area contributed by atoms with E-state index in [0.29, 0.717) is 13.1 Å². The fourth-order valence-corrected chi connectivity index (χ4v) is 2.35. The van der Waals surface area contributed by atoms with Crippen molar-refractivity contribution in [1.29, 1.82) is 0 Å². The standard InChI is InChI=1S/C11H13BF4N/c13-10-5-3-9(4-6-10)11(12(14,15)16)17-7-1-2-8-17/h3-6,11H,1-2,7-8H2/q-1/t11-/m0/s1. The number of nitrogens with zero attached hydrogens (tertiary/aromatic N) is 1. The van der Waals surface area contributed by atoms with Crippen molar-refractivity contribution in [3.05, 3.63) is 35.6 Å². The Kier molecular flexibility index (Phi) is 3.42. The van der Waals surface area contributed by atoms with Gasteiger partial charge in [-0.1, -0.05) is 17.7 Å². The second kappa shape index (κ2) is 4.68. The third kappa shape index (κ3) is 2.80. The Balaban J connectivity index is 2.29. The number of hydrogen-bond donors (Lipinski definition) is 0. The van der Waals surface area contributed by atoms with Crippen LogP contribution in [0.2, 0.25) is 0 Å². The average Bonchev–Trinajstić information content (AvgIpc) is 2.72. The van der Waals surface area contributed by atoms with Crippen LogP contribution in [0.5, 0.6) is 0 Å². The van der Waals surface area contributed by atoms with Gasteiger partial charge in [0.1, 0.15) is 5.82 Å². The first kappa shape index (κ1) is 12.4. The lowest BCUT2D eigenvalue weighted by Gasteiger charge is -2.35. The van der Waals surface area contributed by atoms with Crippen LogP contribution in [0.25, 0.3) is 0 Å². The summed E-state index contributed by atoms with van der Waals surface area (Å²) in [5, 5.41) is 0. The second-order valence-electron chi connectivity index (χ2n) is 4.36. The van der Waals surface area contributed by atoms with Crippen LogP contribution < -0.4 is 0 Å². The number of rotatable bonds is 3. The van der Waals surface area contributed by atoms with Crippen LogP contribution in [0, 0.1) is 5.82 Å². The Labute approximate surface area is 97.5 Å². The predicted octanol–water partition coefficient (Wildman–Crippen LogP) is 3.35. The average molecular weight is 246 g/mol. The van der Waals surface area contributed by atoms with Gasteiger partial charge in [-0.3, -0.25) is 0 Å². The maximum atomic E-state index is 13.1. The van der Waals surface area contributed by atoms with E-state index in [9.17, 15) is 17.3 Å². The molecule has 17 heavy (non-hydrogen) atoms. The fourth-order valence-electron chi connectivity index (χ4n) is 2.35. The van der Waals surface area contributed by atoms with E-state index in [-0.39, 0.29) is 5.56 Å². The van der Waals surface area contributed by atoms with E-state index >= 15 is 0 Å². The fraction of sp³-hybridized carbons (Fsp3) is 0.455. The summed E-state index contributed by atoms with van der Waals surface area (Å²) in [6.45, 7) is -4.06. The Morgan fingerprint density at radius 1 is 1.00 bits per heavy atom. The molecule has 6 heteroatoms. The topological polar surface area (TPSA) is 3.24 Å². The van der Waals surface area contributed by atoms with Crippen LogP contribution in [0.1, 0.15) is 24.3 Å². The zero-order chi connectivity index (χ0) is 12.5. The van der Waals surface area contributed by atoms with Crippen molar-refractivity contribution in [3.63, 3.8) is 0 Å². The molecule has 1 aliphatic heterocycles. The van der Waals surface area contributed by atoms with E-state index in [1.165, 1.54) is 17.0 Å². The smallest absolute Gasteiger partial charge is 0.448 e. The SMILES string of the molecule is Fc1ccc([C@H](N2CCCC2)[B-](F)(F)F)cc1. The molecule has 0 bridgehead atoms. The molecule has 94 valence electrons. The van der Waals surface area contributed by atoms with Crippen molar-refractivity contribution in [2.24, 2.45) is 0 Å². The Bertz CT molecular complexity index is 370. The third-order valence-electron chi connectivity index (χ3n) is 3.10. The van der Waals surface area contributed by atoms with Gasteiger partial charge < -0.3 is 17.8 Å². The highest BCUT2D eigenvalue weighted by molar-refractivity contribution is 6.60. The van der Waals surface area contributed by atoms with Crippen LogP contribution >= 0.6 is 0 Å².